The summed E-state index contributed by atoms with van der Waals surface area (Å²) in [4.78, 5) is 16.9. The van der Waals surface area contributed by atoms with Crippen LogP contribution in [0.5, 0.6) is 11.5 Å². The zero-order valence-corrected chi connectivity index (χ0v) is 20.1. The molecule has 4 rings (SSSR count). The Morgan fingerprint density at radius 2 is 1.64 bits per heavy atom. The highest BCUT2D eigenvalue weighted by Gasteiger charge is 2.50. The summed E-state index contributed by atoms with van der Waals surface area (Å²) in [6.07, 6.45) is -2.75. The third-order valence-electron chi connectivity index (χ3n) is 5.96. The first-order chi connectivity index (χ1) is 17.0. The number of carbonyl (C=O) groups is 1. The Bertz CT molecular complexity index is 1400. The first-order valence-electron chi connectivity index (χ1n) is 11.0. The van der Waals surface area contributed by atoms with Crippen molar-refractivity contribution in [1.29, 1.82) is 0 Å². The molecule has 0 saturated heterocycles. The van der Waals surface area contributed by atoms with Crippen molar-refractivity contribution in [2.24, 2.45) is 0 Å². The first kappa shape index (κ1) is 25.0. The van der Waals surface area contributed by atoms with Gasteiger partial charge in [-0.3, -0.25) is 15.1 Å². The second kappa shape index (κ2) is 9.52. The zero-order valence-electron chi connectivity index (χ0n) is 20.1. The van der Waals surface area contributed by atoms with Crippen molar-refractivity contribution in [3.05, 3.63) is 66.0 Å². The van der Waals surface area contributed by atoms with Gasteiger partial charge in [-0.05, 0) is 37.1 Å². The second-order valence-corrected chi connectivity index (χ2v) is 8.74. The number of ether oxygens (including phenoxy) is 2. The summed E-state index contributed by atoms with van der Waals surface area (Å²) in [6, 6.07) is 14.1. The smallest absolute Gasteiger partial charge is 0.399 e. The third-order valence-corrected chi connectivity index (χ3v) is 5.96. The Labute approximate surface area is 205 Å². The summed E-state index contributed by atoms with van der Waals surface area (Å²) in [6.45, 7) is 1.99. The fraction of sp³-hybridized carbons (Fsp3) is 0.269. The van der Waals surface area contributed by atoms with Crippen LogP contribution in [-0.2, 0) is 16.6 Å². The molecule has 0 aliphatic rings. The highest BCUT2D eigenvalue weighted by Crippen LogP contribution is 2.40. The first-order valence-corrected chi connectivity index (χ1v) is 11.0. The van der Waals surface area contributed by atoms with Crippen LogP contribution in [-0.4, -0.2) is 36.4 Å². The van der Waals surface area contributed by atoms with Gasteiger partial charge in [-0.15, -0.1) is 0 Å². The summed E-state index contributed by atoms with van der Waals surface area (Å²) in [5.41, 5.74) is 0.745. The van der Waals surface area contributed by atoms with Gasteiger partial charge in [0.2, 0.25) is 11.8 Å². The van der Waals surface area contributed by atoms with Gasteiger partial charge in [0.15, 0.2) is 11.5 Å². The monoisotopic (exact) mass is 499 g/mol. The molecule has 2 aromatic heterocycles. The van der Waals surface area contributed by atoms with E-state index in [4.69, 9.17) is 14.0 Å². The van der Waals surface area contributed by atoms with Crippen molar-refractivity contribution in [3.63, 3.8) is 0 Å². The predicted molar refractivity (Wildman–Crippen MR) is 128 cm³/mol. The van der Waals surface area contributed by atoms with Crippen LogP contribution >= 0.6 is 0 Å². The van der Waals surface area contributed by atoms with Gasteiger partial charge < -0.3 is 14.0 Å². The van der Waals surface area contributed by atoms with Crippen LogP contribution in [0, 0.1) is 0 Å². The highest BCUT2D eigenvalue weighted by molar-refractivity contribution is 5.91. The predicted octanol–water partition coefficient (Wildman–Crippen LogP) is 5.93. The third kappa shape index (κ3) is 4.98. The molecule has 0 atom stereocenters. The number of benzene rings is 2. The number of hydrogen-bond donors (Lipinski definition) is 1. The summed E-state index contributed by atoms with van der Waals surface area (Å²) in [7, 11) is 3.14. The van der Waals surface area contributed by atoms with E-state index in [1.807, 2.05) is 24.3 Å². The van der Waals surface area contributed by atoms with Gasteiger partial charge in [-0.1, -0.05) is 29.4 Å². The maximum atomic E-state index is 13.2. The van der Waals surface area contributed by atoms with E-state index in [1.54, 1.807) is 38.6 Å². The van der Waals surface area contributed by atoms with E-state index in [0.29, 0.717) is 17.1 Å². The molecule has 0 saturated carbocycles. The molecule has 0 unspecified atom stereocenters. The van der Waals surface area contributed by atoms with Crippen LogP contribution in [0.1, 0.15) is 25.1 Å². The number of aromatic nitrogens is 2. The Morgan fingerprint density at radius 1 is 0.972 bits per heavy atom. The SMILES string of the molecule is COc1cc2cc(-c3ccc(CC(=O)Nc4cc(C(C)(C)C(F)(F)F)no4)cc3)cnc2cc1OC. The van der Waals surface area contributed by atoms with Crippen molar-refractivity contribution < 1.29 is 32.0 Å². The van der Waals surface area contributed by atoms with Crippen LogP contribution in [0.15, 0.2) is 59.3 Å². The number of nitrogens with zero attached hydrogens (tertiary/aromatic N) is 2. The molecule has 10 heteroatoms. The molecule has 4 aromatic rings. The quantitative estimate of drug-likeness (QED) is 0.339. The number of methoxy groups -OCH3 is 2. The Kier molecular flexibility index (Phi) is 6.62. The van der Waals surface area contributed by atoms with E-state index in [0.717, 1.165) is 41.9 Å². The lowest BCUT2D eigenvalue weighted by molar-refractivity contribution is -0.181. The zero-order chi connectivity index (χ0) is 26.1. The molecule has 0 radical (unpaired) electrons. The number of alkyl halides is 3. The summed E-state index contributed by atoms with van der Waals surface area (Å²) in [5, 5.41) is 6.81. The van der Waals surface area contributed by atoms with Gasteiger partial charge in [0.1, 0.15) is 11.1 Å². The minimum Gasteiger partial charge on any atom is -0.493 e. The van der Waals surface area contributed by atoms with Crippen LogP contribution in [0.25, 0.3) is 22.0 Å². The number of fused-ring (bicyclic) bond motifs is 1. The average Bonchev–Trinajstić information content (AvgIpc) is 3.31. The lowest BCUT2D eigenvalue weighted by Gasteiger charge is -2.24. The van der Waals surface area contributed by atoms with Crippen molar-refractivity contribution in [3.8, 4) is 22.6 Å². The van der Waals surface area contributed by atoms with Gasteiger partial charge in [0.05, 0.1) is 26.2 Å². The Morgan fingerprint density at radius 3 is 2.28 bits per heavy atom. The molecule has 0 spiro atoms. The standard InChI is InChI=1S/C26H24F3N3O4/c1-25(2,26(27,28)29)22-13-24(36-32-22)31-23(33)9-15-5-7-16(8-6-15)18-10-17-11-20(34-3)21(35-4)12-19(17)30-14-18/h5-8,10-14H,9H2,1-4H3,(H,31,33). The fourth-order valence-electron chi connectivity index (χ4n) is 3.57. The van der Waals surface area contributed by atoms with Gasteiger partial charge >= 0.3 is 6.18 Å². The maximum absolute atomic E-state index is 13.2. The number of hydrogen-bond acceptors (Lipinski definition) is 6. The molecule has 1 amide bonds. The minimum atomic E-state index is -4.51. The van der Waals surface area contributed by atoms with Crippen molar-refractivity contribution in [1.82, 2.24) is 10.1 Å². The summed E-state index contributed by atoms with van der Waals surface area (Å²) in [5.74, 6) is 0.617. The Balaban J connectivity index is 1.45. The number of pyridine rings is 1. The lowest BCUT2D eigenvalue weighted by atomic mass is 9.89. The molecule has 36 heavy (non-hydrogen) atoms. The molecule has 0 aliphatic carbocycles. The fourth-order valence-corrected chi connectivity index (χ4v) is 3.57. The number of halogens is 3. The van der Waals surface area contributed by atoms with E-state index in [2.05, 4.69) is 15.5 Å². The average molecular weight is 499 g/mol. The van der Waals surface area contributed by atoms with Crippen LogP contribution in [0.2, 0.25) is 0 Å². The molecule has 188 valence electrons. The molecule has 2 aromatic carbocycles. The number of nitrogens with one attached hydrogen (secondary N) is 1. The number of anilines is 1. The molecular formula is C26H24F3N3O4. The molecule has 0 bridgehead atoms. The lowest BCUT2D eigenvalue weighted by Crippen LogP contribution is -2.36. The number of rotatable bonds is 7. The highest BCUT2D eigenvalue weighted by atomic mass is 19.4. The molecule has 0 aliphatic heterocycles. The molecule has 1 N–H and O–H groups in total. The van der Waals surface area contributed by atoms with Crippen LogP contribution < -0.4 is 14.8 Å². The van der Waals surface area contributed by atoms with E-state index in [9.17, 15) is 18.0 Å². The van der Waals surface area contributed by atoms with E-state index in [1.165, 1.54) is 0 Å². The van der Waals surface area contributed by atoms with Gasteiger partial charge in [-0.25, -0.2) is 0 Å². The molecule has 0 fully saturated rings. The summed E-state index contributed by atoms with van der Waals surface area (Å²) >= 11 is 0. The van der Waals surface area contributed by atoms with E-state index >= 15 is 0 Å². The second-order valence-electron chi connectivity index (χ2n) is 8.74. The number of amides is 1. The minimum absolute atomic E-state index is 0.00589. The van der Waals surface area contributed by atoms with Crippen molar-refractivity contribution in [2.45, 2.75) is 31.9 Å². The maximum Gasteiger partial charge on any atom is 0.399 e. The van der Waals surface area contributed by atoms with Gasteiger partial charge in [-0.2, -0.15) is 13.2 Å². The molecular weight excluding hydrogens is 475 g/mol. The Hall–Kier alpha value is -4.08. The van der Waals surface area contributed by atoms with Crippen molar-refractivity contribution >= 4 is 22.7 Å². The van der Waals surface area contributed by atoms with Gasteiger partial charge in [0, 0.05) is 29.3 Å². The summed E-state index contributed by atoms with van der Waals surface area (Å²) < 4.78 is 55.2. The van der Waals surface area contributed by atoms with Gasteiger partial charge in [0.25, 0.3) is 0 Å². The molecule has 7 nitrogen and oxygen atoms in total. The van der Waals surface area contributed by atoms with Crippen LogP contribution in [0.3, 0.4) is 0 Å². The van der Waals surface area contributed by atoms with E-state index in [-0.39, 0.29) is 18.0 Å². The normalized spacial score (nSPS) is 12.0. The van der Waals surface area contributed by atoms with Crippen LogP contribution in [0.4, 0.5) is 19.1 Å². The largest absolute Gasteiger partial charge is 0.493 e. The number of carbonyl (C=O) groups excluding carboxylic acids is 1. The van der Waals surface area contributed by atoms with Crippen molar-refractivity contribution in [2.75, 3.05) is 19.5 Å². The topological polar surface area (TPSA) is 86.5 Å². The van der Waals surface area contributed by atoms with E-state index < -0.39 is 17.5 Å². The molecule has 2 heterocycles.